The van der Waals surface area contributed by atoms with E-state index in [4.69, 9.17) is 0 Å². The Kier molecular flexibility index (Phi) is 6.03. The molecule has 0 spiro atoms. The Labute approximate surface area is 175 Å². The Balaban J connectivity index is 1.29. The lowest BCUT2D eigenvalue weighted by Crippen LogP contribution is -2.51. The van der Waals surface area contributed by atoms with Crippen molar-refractivity contribution >= 4 is 42.7 Å². The maximum atomic E-state index is 12.6. The molecule has 2 aromatic rings. The van der Waals surface area contributed by atoms with Gasteiger partial charge < -0.3 is 9.80 Å². The predicted molar refractivity (Wildman–Crippen MR) is 115 cm³/mol. The van der Waals surface area contributed by atoms with Gasteiger partial charge in [0.05, 0.1) is 0 Å². The van der Waals surface area contributed by atoms with Gasteiger partial charge in [-0.2, -0.15) is 0 Å². The number of aromatic nitrogens is 2. The molecule has 1 amide bonds. The van der Waals surface area contributed by atoms with E-state index in [-0.39, 0.29) is 11.9 Å². The van der Waals surface area contributed by atoms with Crippen LogP contribution < -0.4 is 9.62 Å². The Morgan fingerprint density at radius 1 is 1.21 bits per heavy atom. The number of rotatable bonds is 5. The zero-order valence-corrected chi connectivity index (χ0v) is 18.2. The summed E-state index contributed by atoms with van der Waals surface area (Å²) in [5.74, 6) is -0.142. The molecule has 158 valence electrons. The van der Waals surface area contributed by atoms with Gasteiger partial charge in [0.15, 0.2) is 5.13 Å². The summed E-state index contributed by atoms with van der Waals surface area (Å²) >= 11 is 1.54. The second-order valence-electron chi connectivity index (χ2n) is 8.03. The first-order chi connectivity index (χ1) is 13.9. The zero-order chi connectivity index (χ0) is 20.4. The molecule has 2 aromatic heterocycles. The van der Waals surface area contributed by atoms with Gasteiger partial charge in [-0.3, -0.25) is 4.79 Å². The van der Waals surface area contributed by atoms with Crippen LogP contribution >= 0.6 is 11.3 Å². The van der Waals surface area contributed by atoms with Crippen molar-refractivity contribution in [3.05, 3.63) is 18.3 Å². The van der Waals surface area contributed by atoms with E-state index in [0.717, 1.165) is 41.2 Å². The molecule has 4 rings (SSSR count). The molecule has 1 aliphatic carbocycles. The molecular weight excluding hydrogens is 410 g/mol. The summed E-state index contributed by atoms with van der Waals surface area (Å²) in [5.41, 5.74) is 0.875. The van der Waals surface area contributed by atoms with Crippen LogP contribution in [0.3, 0.4) is 0 Å². The number of sulfonamides is 1. The fourth-order valence-corrected chi connectivity index (χ4v) is 6.26. The monoisotopic (exact) mass is 437 g/mol. The van der Waals surface area contributed by atoms with Gasteiger partial charge in [0, 0.05) is 38.4 Å². The third-order valence-electron chi connectivity index (χ3n) is 5.73. The van der Waals surface area contributed by atoms with Gasteiger partial charge in [-0.15, -0.1) is 0 Å². The molecule has 2 fully saturated rings. The van der Waals surface area contributed by atoms with E-state index in [1.807, 2.05) is 12.1 Å². The first-order valence-corrected chi connectivity index (χ1v) is 12.6. The molecule has 0 bridgehead atoms. The number of hydrogen-bond donors (Lipinski definition) is 1. The minimum absolute atomic E-state index is 0.0338. The number of nitrogens with zero attached hydrogens (tertiary/aromatic N) is 4. The van der Waals surface area contributed by atoms with Crippen LogP contribution in [0.25, 0.3) is 10.3 Å². The van der Waals surface area contributed by atoms with Crippen LogP contribution in [-0.4, -0.2) is 67.2 Å². The number of fused-ring (bicyclic) bond motifs is 1. The molecule has 1 saturated carbocycles. The molecule has 1 N–H and O–H groups in total. The molecule has 29 heavy (non-hydrogen) atoms. The van der Waals surface area contributed by atoms with Crippen molar-refractivity contribution in [3.8, 4) is 0 Å². The maximum Gasteiger partial charge on any atom is 0.239 e. The van der Waals surface area contributed by atoms with Gasteiger partial charge in [0.2, 0.25) is 15.9 Å². The highest BCUT2D eigenvalue weighted by Crippen LogP contribution is 2.28. The van der Waals surface area contributed by atoms with Crippen molar-refractivity contribution in [1.82, 2.24) is 19.6 Å². The number of carbonyl (C=O) groups excluding carboxylic acids is 1. The standard InChI is InChI=1S/C19H27N5O3S2/c1-14-4-6-15(7-5-14)22-29(26,27)13-17(25)23-9-11-24(12-10-23)19-21-16-3-2-8-20-18(16)28-19/h2-3,8,14-15,22H,4-7,9-13H2,1H3. The van der Waals surface area contributed by atoms with Gasteiger partial charge in [-0.05, 0) is 43.7 Å². The summed E-state index contributed by atoms with van der Waals surface area (Å²) in [6.07, 6.45) is 5.52. The lowest BCUT2D eigenvalue weighted by atomic mass is 9.88. The van der Waals surface area contributed by atoms with Gasteiger partial charge in [-0.1, -0.05) is 18.3 Å². The lowest BCUT2D eigenvalue weighted by molar-refractivity contribution is -0.128. The van der Waals surface area contributed by atoms with Crippen LogP contribution in [0.15, 0.2) is 18.3 Å². The molecule has 1 aliphatic heterocycles. The zero-order valence-electron chi connectivity index (χ0n) is 16.6. The topological polar surface area (TPSA) is 95.5 Å². The van der Waals surface area contributed by atoms with E-state index in [9.17, 15) is 13.2 Å². The molecule has 2 aliphatic rings. The highest BCUT2D eigenvalue weighted by atomic mass is 32.2. The molecule has 0 radical (unpaired) electrons. The van der Waals surface area contributed by atoms with E-state index in [1.165, 1.54) is 11.3 Å². The van der Waals surface area contributed by atoms with Gasteiger partial charge in [0.1, 0.15) is 16.1 Å². The normalized spacial score (nSPS) is 23.5. The van der Waals surface area contributed by atoms with Crippen LogP contribution in [-0.2, 0) is 14.8 Å². The summed E-state index contributed by atoms with van der Waals surface area (Å²) in [5, 5.41) is 0.895. The fourth-order valence-electron chi connectivity index (χ4n) is 3.97. The average Bonchev–Trinajstić information content (AvgIpc) is 3.13. The maximum absolute atomic E-state index is 12.6. The van der Waals surface area contributed by atoms with E-state index in [1.54, 1.807) is 11.1 Å². The number of anilines is 1. The van der Waals surface area contributed by atoms with Crippen LogP contribution in [0.5, 0.6) is 0 Å². The number of nitrogens with one attached hydrogen (secondary N) is 1. The van der Waals surface area contributed by atoms with Crippen LogP contribution in [0.2, 0.25) is 0 Å². The van der Waals surface area contributed by atoms with E-state index in [0.29, 0.717) is 32.1 Å². The molecule has 8 nitrogen and oxygen atoms in total. The predicted octanol–water partition coefficient (Wildman–Crippen LogP) is 1.84. The van der Waals surface area contributed by atoms with Gasteiger partial charge in [0.25, 0.3) is 0 Å². The van der Waals surface area contributed by atoms with Crippen LogP contribution in [0, 0.1) is 5.92 Å². The van der Waals surface area contributed by atoms with Crippen molar-refractivity contribution in [3.63, 3.8) is 0 Å². The number of piperazine rings is 1. The molecule has 0 unspecified atom stereocenters. The molecule has 10 heteroatoms. The molecule has 0 atom stereocenters. The summed E-state index contributed by atoms with van der Waals surface area (Å²) in [6.45, 7) is 4.47. The summed E-state index contributed by atoms with van der Waals surface area (Å²) < 4.78 is 27.6. The summed E-state index contributed by atoms with van der Waals surface area (Å²) in [4.78, 5) is 26.2. The highest BCUT2D eigenvalue weighted by Gasteiger charge is 2.29. The number of carbonyl (C=O) groups is 1. The Morgan fingerprint density at radius 2 is 1.93 bits per heavy atom. The third-order valence-corrected chi connectivity index (χ3v) is 8.09. The van der Waals surface area contributed by atoms with E-state index >= 15 is 0 Å². The van der Waals surface area contributed by atoms with E-state index in [2.05, 4.69) is 26.5 Å². The minimum Gasteiger partial charge on any atom is -0.344 e. The lowest BCUT2D eigenvalue weighted by Gasteiger charge is -2.34. The fraction of sp³-hybridized carbons (Fsp3) is 0.632. The molecule has 0 aromatic carbocycles. The van der Waals surface area contributed by atoms with Crippen molar-refractivity contribution in [1.29, 1.82) is 0 Å². The summed E-state index contributed by atoms with van der Waals surface area (Å²) in [6, 6.07) is 3.77. The Hall–Kier alpha value is -1.78. The van der Waals surface area contributed by atoms with Gasteiger partial charge >= 0.3 is 0 Å². The number of thiazole rings is 1. The quantitative estimate of drug-likeness (QED) is 0.767. The van der Waals surface area contributed by atoms with Crippen molar-refractivity contribution in [2.75, 3.05) is 36.8 Å². The largest absolute Gasteiger partial charge is 0.344 e. The second kappa shape index (κ2) is 8.53. The molecule has 1 saturated heterocycles. The van der Waals surface area contributed by atoms with Gasteiger partial charge in [-0.25, -0.2) is 23.1 Å². The minimum atomic E-state index is -3.60. The Bertz CT molecular complexity index is 928. The van der Waals surface area contributed by atoms with Crippen molar-refractivity contribution in [2.24, 2.45) is 5.92 Å². The highest BCUT2D eigenvalue weighted by molar-refractivity contribution is 7.90. The average molecular weight is 438 g/mol. The van der Waals surface area contributed by atoms with Crippen LogP contribution in [0.1, 0.15) is 32.6 Å². The van der Waals surface area contributed by atoms with Crippen LogP contribution in [0.4, 0.5) is 5.13 Å². The molecule has 3 heterocycles. The summed E-state index contributed by atoms with van der Waals surface area (Å²) in [7, 11) is -3.60. The number of amides is 1. The smallest absolute Gasteiger partial charge is 0.239 e. The van der Waals surface area contributed by atoms with E-state index < -0.39 is 15.8 Å². The SMILES string of the molecule is CC1CCC(NS(=O)(=O)CC(=O)N2CCN(c3nc4cccnc4s3)CC2)CC1. The number of hydrogen-bond acceptors (Lipinski definition) is 7. The van der Waals surface area contributed by atoms with Crippen molar-refractivity contribution in [2.45, 2.75) is 38.6 Å². The van der Waals surface area contributed by atoms with Crippen molar-refractivity contribution < 1.29 is 13.2 Å². The second-order valence-corrected chi connectivity index (χ2v) is 10.7. The first kappa shape index (κ1) is 20.5. The molecular formula is C19H27N5O3S2. The number of pyridine rings is 1. The third kappa shape index (κ3) is 5.04. The Morgan fingerprint density at radius 3 is 2.62 bits per heavy atom. The first-order valence-electron chi connectivity index (χ1n) is 10.1.